The van der Waals surface area contributed by atoms with Crippen molar-refractivity contribution in [2.75, 3.05) is 35.3 Å². The number of hydrogen-bond acceptors (Lipinski definition) is 6. The van der Waals surface area contributed by atoms with Gasteiger partial charge in [0.1, 0.15) is 22.9 Å². The standard InChI is InChI=1S/C23H20ClN3O6S/c1-32-17-10-8-16(9-11-17)27-23(29)26(19-5-3-4-6-21(19)34(27,30)31)14-22(28)25-18-13-15(24)7-12-20(18)33-2/h3-13H,14H2,1-2H3,(H,25,28). The van der Waals surface area contributed by atoms with Gasteiger partial charge < -0.3 is 14.8 Å². The Morgan fingerprint density at radius 1 is 1.00 bits per heavy atom. The van der Waals surface area contributed by atoms with E-state index in [4.69, 9.17) is 21.1 Å². The van der Waals surface area contributed by atoms with Crippen LogP contribution in [-0.4, -0.2) is 41.1 Å². The zero-order chi connectivity index (χ0) is 24.5. The Kier molecular flexibility index (Phi) is 6.36. The summed E-state index contributed by atoms with van der Waals surface area (Å²) in [6, 6.07) is 15.8. The fraction of sp³-hybridized carbons (Fsp3) is 0.130. The summed E-state index contributed by atoms with van der Waals surface area (Å²) in [6.07, 6.45) is 0. The molecule has 0 fully saturated rings. The molecule has 1 heterocycles. The van der Waals surface area contributed by atoms with Crippen molar-refractivity contribution in [2.45, 2.75) is 4.90 Å². The van der Waals surface area contributed by atoms with Crippen molar-refractivity contribution in [3.63, 3.8) is 0 Å². The molecule has 11 heteroatoms. The van der Waals surface area contributed by atoms with E-state index in [0.717, 1.165) is 4.90 Å². The second-order valence-corrected chi connectivity index (χ2v) is 9.39. The van der Waals surface area contributed by atoms with Crippen LogP contribution in [0, 0.1) is 0 Å². The third kappa shape index (κ3) is 4.25. The van der Waals surface area contributed by atoms with Gasteiger partial charge in [-0.1, -0.05) is 23.7 Å². The van der Waals surface area contributed by atoms with E-state index in [1.165, 1.54) is 44.6 Å². The highest BCUT2D eigenvalue weighted by molar-refractivity contribution is 7.94. The summed E-state index contributed by atoms with van der Waals surface area (Å²) >= 11 is 6.03. The van der Waals surface area contributed by atoms with E-state index >= 15 is 0 Å². The molecule has 9 nitrogen and oxygen atoms in total. The van der Waals surface area contributed by atoms with Crippen LogP contribution in [0.5, 0.6) is 11.5 Å². The summed E-state index contributed by atoms with van der Waals surface area (Å²) in [6.45, 7) is -0.451. The van der Waals surface area contributed by atoms with Gasteiger partial charge in [-0.25, -0.2) is 13.2 Å². The molecule has 0 radical (unpaired) electrons. The van der Waals surface area contributed by atoms with Crippen LogP contribution in [0.3, 0.4) is 0 Å². The molecule has 0 atom stereocenters. The summed E-state index contributed by atoms with van der Waals surface area (Å²) in [5.74, 6) is 0.306. The number of benzene rings is 3. The third-order valence-electron chi connectivity index (χ3n) is 5.12. The average Bonchev–Trinajstić information content (AvgIpc) is 2.82. The van der Waals surface area contributed by atoms with Crippen molar-refractivity contribution >= 4 is 50.6 Å². The van der Waals surface area contributed by atoms with Gasteiger partial charge in [0.15, 0.2) is 0 Å². The molecule has 0 aromatic heterocycles. The first-order chi connectivity index (χ1) is 16.3. The number of urea groups is 1. The summed E-state index contributed by atoms with van der Waals surface area (Å²) in [5, 5.41) is 3.05. The van der Waals surface area contributed by atoms with E-state index in [2.05, 4.69) is 5.32 Å². The van der Waals surface area contributed by atoms with Crippen molar-refractivity contribution in [1.82, 2.24) is 0 Å². The Labute approximate surface area is 201 Å². The maximum Gasteiger partial charge on any atom is 0.343 e. The highest BCUT2D eigenvalue weighted by Crippen LogP contribution is 2.37. The van der Waals surface area contributed by atoms with E-state index in [1.54, 1.807) is 36.4 Å². The minimum atomic E-state index is -4.22. The van der Waals surface area contributed by atoms with Gasteiger partial charge in [-0.2, -0.15) is 4.31 Å². The molecule has 1 N–H and O–H groups in total. The lowest BCUT2D eigenvalue weighted by molar-refractivity contribution is -0.114. The molecular weight excluding hydrogens is 482 g/mol. The lowest BCUT2D eigenvalue weighted by Crippen LogP contribution is -2.53. The molecule has 3 aromatic carbocycles. The largest absolute Gasteiger partial charge is 0.497 e. The number of nitrogens with one attached hydrogen (secondary N) is 1. The molecule has 1 aliphatic heterocycles. The Bertz CT molecular complexity index is 1360. The minimum Gasteiger partial charge on any atom is -0.497 e. The van der Waals surface area contributed by atoms with Gasteiger partial charge in [-0.15, -0.1) is 0 Å². The molecule has 0 spiro atoms. The third-order valence-corrected chi connectivity index (χ3v) is 7.11. The highest BCUT2D eigenvalue weighted by atomic mass is 35.5. The number of sulfonamides is 1. The van der Waals surface area contributed by atoms with Crippen LogP contribution < -0.4 is 24.0 Å². The number of carbonyl (C=O) groups excluding carboxylic acids is 2. The van der Waals surface area contributed by atoms with Crippen molar-refractivity contribution in [1.29, 1.82) is 0 Å². The number of anilines is 3. The Balaban J connectivity index is 1.71. The molecule has 0 saturated heterocycles. The average molecular weight is 502 g/mol. The first-order valence-corrected chi connectivity index (χ1v) is 11.8. The molecule has 0 bridgehead atoms. The Morgan fingerprint density at radius 2 is 1.71 bits per heavy atom. The van der Waals surface area contributed by atoms with Crippen LogP contribution in [0.1, 0.15) is 0 Å². The number of hydrogen-bond donors (Lipinski definition) is 1. The molecule has 3 aromatic rings. The molecule has 176 valence electrons. The van der Waals surface area contributed by atoms with E-state index in [9.17, 15) is 18.0 Å². The van der Waals surface area contributed by atoms with E-state index in [-0.39, 0.29) is 16.3 Å². The Hall–Kier alpha value is -3.76. The van der Waals surface area contributed by atoms with Crippen LogP contribution in [0.4, 0.5) is 21.9 Å². The van der Waals surface area contributed by atoms with Gasteiger partial charge in [0.2, 0.25) is 5.91 Å². The first kappa shape index (κ1) is 23.4. The van der Waals surface area contributed by atoms with Gasteiger partial charge in [-0.3, -0.25) is 9.69 Å². The van der Waals surface area contributed by atoms with Crippen molar-refractivity contribution in [3.05, 3.63) is 71.8 Å². The minimum absolute atomic E-state index is 0.0986. The molecular formula is C23H20ClN3O6S. The molecule has 0 saturated carbocycles. The number of nitrogens with zero attached hydrogens (tertiary/aromatic N) is 2. The van der Waals surface area contributed by atoms with Crippen LogP contribution >= 0.6 is 11.6 Å². The van der Waals surface area contributed by atoms with E-state index in [0.29, 0.717) is 26.5 Å². The van der Waals surface area contributed by atoms with E-state index < -0.39 is 28.5 Å². The van der Waals surface area contributed by atoms with Gasteiger partial charge >= 0.3 is 6.03 Å². The normalized spacial score (nSPS) is 14.4. The Morgan fingerprint density at radius 3 is 2.38 bits per heavy atom. The second-order valence-electron chi connectivity index (χ2n) is 7.20. The number of ether oxygens (including phenoxy) is 2. The van der Waals surface area contributed by atoms with Gasteiger partial charge in [0, 0.05) is 5.02 Å². The number of rotatable bonds is 6. The quantitative estimate of drug-likeness (QED) is 0.544. The number of methoxy groups -OCH3 is 2. The zero-order valence-electron chi connectivity index (χ0n) is 18.2. The number of halogens is 1. The van der Waals surface area contributed by atoms with Crippen LogP contribution in [0.15, 0.2) is 71.6 Å². The molecule has 0 unspecified atom stereocenters. The first-order valence-electron chi connectivity index (χ1n) is 9.99. The van der Waals surface area contributed by atoms with Gasteiger partial charge in [0.05, 0.1) is 31.3 Å². The zero-order valence-corrected chi connectivity index (χ0v) is 19.8. The summed E-state index contributed by atoms with van der Waals surface area (Å²) in [5.41, 5.74) is 0.532. The SMILES string of the molecule is COc1ccc(N2C(=O)N(CC(=O)Nc3cc(Cl)ccc3OC)c3ccccc3S2(=O)=O)cc1. The highest BCUT2D eigenvalue weighted by Gasteiger charge is 2.43. The lowest BCUT2D eigenvalue weighted by atomic mass is 10.2. The molecule has 0 aliphatic carbocycles. The van der Waals surface area contributed by atoms with Gasteiger partial charge in [0.25, 0.3) is 10.0 Å². The predicted molar refractivity (Wildman–Crippen MR) is 128 cm³/mol. The molecule has 1 aliphatic rings. The summed E-state index contributed by atoms with van der Waals surface area (Å²) in [7, 11) is -1.30. The summed E-state index contributed by atoms with van der Waals surface area (Å²) < 4.78 is 37.7. The van der Waals surface area contributed by atoms with Crippen molar-refractivity contribution < 1.29 is 27.5 Å². The van der Waals surface area contributed by atoms with Crippen molar-refractivity contribution in [3.8, 4) is 11.5 Å². The number of amides is 3. The lowest BCUT2D eigenvalue weighted by Gasteiger charge is -2.35. The second kappa shape index (κ2) is 9.24. The molecule has 3 amide bonds. The van der Waals surface area contributed by atoms with Crippen LogP contribution in [0.2, 0.25) is 5.02 Å². The molecule has 34 heavy (non-hydrogen) atoms. The van der Waals surface area contributed by atoms with Crippen LogP contribution in [-0.2, 0) is 14.8 Å². The number of para-hydroxylation sites is 1. The molecule has 4 rings (SSSR count). The maximum absolute atomic E-state index is 13.4. The fourth-order valence-corrected chi connectivity index (χ4v) is 5.31. The summed E-state index contributed by atoms with van der Waals surface area (Å²) in [4.78, 5) is 27.4. The maximum atomic E-state index is 13.4. The smallest absolute Gasteiger partial charge is 0.343 e. The van der Waals surface area contributed by atoms with Crippen molar-refractivity contribution in [2.24, 2.45) is 0 Å². The van der Waals surface area contributed by atoms with E-state index in [1.807, 2.05) is 0 Å². The fourth-order valence-electron chi connectivity index (χ4n) is 3.54. The van der Waals surface area contributed by atoms with Gasteiger partial charge in [-0.05, 0) is 54.6 Å². The number of fused-ring (bicyclic) bond motifs is 1. The predicted octanol–water partition coefficient (Wildman–Crippen LogP) is 4.13. The monoisotopic (exact) mass is 501 g/mol. The van der Waals surface area contributed by atoms with Crippen LogP contribution in [0.25, 0.3) is 0 Å². The topological polar surface area (TPSA) is 105 Å². The number of carbonyl (C=O) groups is 2.